The summed E-state index contributed by atoms with van der Waals surface area (Å²) in [7, 11) is 0. The van der Waals surface area contributed by atoms with Gasteiger partial charge in [0.05, 0.1) is 0 Å². The molecule has 0 amide bonds. The van der Waals surface area contributed by atoms with Crippen LogP contribution < -0.4 is 5.32 Å². The molecule has 0 aromatic heterocycles. The van der Waals surface area contributed by atoms with Crippen LogP contribution in [0.4, 0.5) is 0 Å². The van der Waals surface area contributed by atoms with Crippen molar-refractivity contribution in [3.8, 4) is 0 Å². The van der Waals surface area contributed by atoms with Crippen molar-refractivity contribution >= 4 is 0 Å². The first-order valence-electron chi connectivity index (χ1n) is 8.82. The van der Waals surface area contributed by atoms with Gasteiger partial charge in [0, 0.05) is 18.6 Å². The van der Waals surface area contributed by atoms with Crippen molar-refractivity contribution in [2.45, 2.75) is 76.8 Å². The molecule has 1 aliphatic heterocycles. The average molecular weight is 264 g/mol. The van der Waals surface area contributed by atoms with E-state index in [-0.39, 0.29) is 0 Å². The first-order valence-corrected chi connectivity index (χ1v) is 8.82. The van der Waals surface area contributed by atoms with Crippen molar-refractivity contribution in [2.24, 2.45) is 11.8 Å². The Morgan fingerprint density at radius 2 is 1.74 bits per heavy atom. The van der Waals surface area contributed by atoms with Crippen molar-refractivity contribution in [1.29, 1.82) is 0 Å². The van der Waals surface area contributed by atoms with E-state index in [2.05, 4.69) is 17.1 Å². The quantitative estimate of drug-likeness (QED) is 0.822. The van der Waals surface area contributed by atoms with Crippen LogP contribution in [0.25, 0.3) is 0 Å². The maximum atomic E-state index is 3.88. The van der Waals surface area contributed by atoms with Gasteiger partial charge in [0.15, 0.2) is 0 Å². The van der Waals surface area contributed by atoms with Gasteiger partial charge < -0.3 is 5.32 Å². The average Bonchev–Trinajstić information content (AvgIpc) is 2.74. The lowest BCUT2D eigenvalue weighted by molar-refractivity contribution is 0.140. The lowest BCUT2D eigenvalue weighted by atomic mass is 9.83. The molecule has 3 rings (SSSR count). The van der Waals surface area contributed by atoms with Gasteiger partial charge in [-0.3, -0.25) is 4.90 Å². The summed E-state index contributed by atoms with van der Waals surface area (Å²) in [6, 6.07) is 1.68. The molecule has 0 radical (unpaired) electrons. The van der Waals surface area contributed by atoms with Crippen LogP contribution in [-0.4, -0.2) is 36.6 Å². The van der Waals surface area contributed by atoms with Gasteiger partial charge in [0.25, 0.3) is 0 Å². The minimum absolute atomic E-state index is 0.788. The Hall–Kier alpha value is -0.0800. The van der Waals surface area contributed by atoms with E-state index in [0.29, 0.717) is 0 Å². The first-order chi connectivity index (χ1) is 9.34. The second-order valence-electron chi connectivity index (χ2n) is 7.28. The molecule has 3 unspecified atom stereocenters. The van der Waals surface area contributed by atoms with Crippen molar-refractivity contribution in [1.82, 2.24) is 10.2 Å². The fraction of sp³-hybridized carbons (Fsp3) is 1.00. The van der Waals surface area contributed by atoms with Gasteiger partial charge in [-0.25, -0.2) is 0 Å². The van der Waals surface area contributed by atoms with Crippen LogP contribution >= 0.6 is 0 Å². The van der Waals surface area contributed by atoms with Gasteiger partial charge in [0.2, 0.25) is 0 Å². The van der Waals surface area contributed by atoms with Crippen LogP contribution in [0, 0.1) is 11.8 Å². The minimum atomic E-state index is 0.788. The number of rotatable bonds is 2. The summed E-state index contributed by atoms with van der Waals surface area (Å²) in [5.41, 5.74) is 0. The van der Waals surface area contributed by atoms with Crippen molar-refractivity contribution in [2.75, 3.05) is 19.6 Å². The molecule has 110 valence electrons. The van der Waals surface area contributed by atoms with Gasteiger partial charge in [0.1, 0.15) is 0 Å². The van der Waals surface area contributed by atoms with Crippen LogP contribution in [-0.2, 0) is 0 Å². The lowest BCUT2D eigenvalue weighted by Gasteiger charge is -2.36. The number of nitrogens with one attached hydrogen (secondary N) is 1. The maximum absolute atomic E-state index is 3.88. The summed E-state index contributed by atoms with van der Waals surface area (Å²) in [6.07, 6.45) is 13.1. The molecule has 0 bridgehead atoms. The topological polar surface area (TPSA) is 15.3 Å². The fourth-order valence-electron chi connectivity index (χ4n) is 4.80. The van der Waals surface area contributed by atoms with E-state index in [1.54, 1.807) is 0 Å². The second kappa shape index (κ2) is 6.58. The maximum Gasteiger partial charge on any atom is 0.0223 e. The monoisotopic (exact) mass is 264 g/mol. The van der Waals surface area contributed by atoms with Crippen LogP contribution in [0.15, 0.2) is 0 Å². The number of hydrogen-bond donors (Lipinski definition) is 1. The highest BCUT2D eigenvalue weighted by Crippen LogP contribution is 2.32. The standard InChI is InChI=1S/C17H32N2/c1-14-7-5-10-17(14)19-12-6-11-18-16(13-19)15-8-3-2-4-9-15/h14-18H,2-13H2,1H3. The molecule has 19 heavy (non-hydrogen) atoms. The summed E-state index contributed by atoms with van der Waals surface area (Å²) in [5, 5.41) is 3.88. The Morgan fingerprint density at radius 3 is 2.47 bits per heavy atom. The van der Waals surface area contributed by atoms with Gasteiger partial charge in [-0.15, -0.1) is 0 Å². The molecule has 1 saturated heterocycles. The lowest BCUT2D eigenvalue weighted by Crippen LogP contribution is -2.47. The summed E-state index contributed by atoms with van der Waals surface area (Å²) < 4.78 is 0. The van der Waals surface area contributed by atoms with E-state index in [0.717, 1.165) is 23.9 Å². The van der Waals surface area contributed by atoms with Crippen molar-refractivity contribution < 1.29 is 0 Å². The zero-order valence-corrected chi connectivity index (χ0v) is 12.7. The van der Waals surface area contributed by atoms with E-state index in [4.69, 9.17) is 0 Å². The fourth-order valence-corrected chi connectivity index (χ4v) is 4.80. The number of nitrogens with zero attached hydrogens (tertiary/aromatic N) is 1. The predicted molar refractivity (Wildman–Crippen MR) is 81.4 cm³/mol. The molecule has 3 fully saturated rings. The molecular weight excluding hydrogens is 232 g/mol. The molecule has 0 aromatic rings. The molecule has 3 aliphatic rings. The zero-order valence-electron chi connectivity index (χ0n) is 12.7. The third-order valence-corrected chi connectivity index (χ3v) is 5.96. The molecule has 2 nitrogen and oxygen atoms in total. The normalized spacial score (nSPS) is 39.3. The van der Waals surface area contributed by atoms with E-state index < -0.39 is 0 Å². The molecule has 1 heterocycles. The van der Waals surface area contributed by atoms with E-state index >= 15 is 0 Å². The molecule has 0 spiro atoms. The summed E-state index contributed by atoms with van der Waals surface area (Å²) in [5.74, 6) is 1.90. The Morgan fingerprint density at radius 1 is 0.895 bits per heavy atom. The van der Waals surface area contributed by atoms with Gasteiger partial charge in [-0.2, -0.15) is 0 Å². The second-order valence-corrected chi connectivity index (χ2v) is 7.28. The third kappa shape index (κ3) is 3.33. The molecule has 0 aromatic carbocycles. The SMILES string of the molecule is CC1CCCC1N1CCCNC(C2CCCCC2)C1. The highest BCUT2D eigenvalue weighted by atomic mass is 15.2. The Labute approximate surface area is 119 Å². The van der Waals surface area contributed by atoms with Crippen LogP contribution in [0.5, 0.6) is 0 Å². The summed E-state index contributed by atoms with van der Waals surface area (Å²) >= 11 is 0. The highest BCUT2D eigenvalue weighted by molar-refractivity contribution is 4.90. The molecule has 2 aliphatic carbocycles. The molecule has 2 saturated carbocycles. The van der Waals surface area contributed by atoms with Gasteiger partial charge in [-0.05, 0) is 57.0 Å². The molecular formula is C17H32N2. The van der Waals surface area contributed by atoms with Crippen molar-refractivity contribution in [3.05, 3.63) is 0 Å². The Kier molecular flexibility index (Phi) is 4.81. The predicted octanol–water partition coefficient (Wildman–Crippen LogP) is 3.42. The summed E-state index contributed by atoms with van der Waals surface area (Å²) in [6.45, 7) is 6.40. The largest absolute Gasteiger partial charge is 0.312 e. The molecule has 3 atom stereocenters. The Balaban J connectivity index is 1.61. The van der Waals surface area contributed by atoms with E-state index in [1.807, 2.05) is 0 Å². The summed E-state index contributed by atoms with van der Waals surface area (Å²) in [4.78, 5) is 2.86. The van der Waals surface area contributed by atoms with Gasteiger partial charge >= 0.3 is 0 Å². The van der Waals surface area contributed by atoms with Crippen LogP contribution in [0.3, 0.4) is 0 Å². The Bertz CT molecular complexity index is 272. The zero-order chi connectivity index (χ0) is 13.1. The third-order valence-electron chi connectivity index (χ3n) is 5.96. The van der Waals surface area contributed by atoms with E-state index in [9.17, 15) is 0 Å². The molecule has 2 heteroatoms. The minimum Gasteiger partial charge on any atom is -0.312 e. The van der Waals surface area contributed by atoms with Crippen molar-refractivity contribution in [3.63, 3.8) is 0 Å². The van der Waals surface area contributed by atoms with Crippen LogP contribution in [0.2, 0.25) is 0 Å². The van der Waals surface area contributed by atoms with Crippen LogP contribution in [0.1, 0.15) is 64.7 Å². The molecule has 1 N–H and O–H groups in total. The smallest absolute Gasteiger partial charge is 0.0223 e. The first kappa shape index (κ1) is 13.9. The van der Waals surface area contributed by atoms with E-state index in [1.165, 1.54) is 77.4 Å². The highest BCUT2D eigenvalue weighted by Gasteiger charge is 2.33. The number of hydrogen-bond acceptors (Lipinski definition) is 2. The van der Waals surface area contributed by atoms with Gasteiger partial charge in [-0.1, -0.05) is 32.6 Å².